The smallest absolute Gasteiger partial charge is 0.341 e. The van der Waals surface area contributed by atoms with Gasteiger partial charge in [-0.25, -0.2) is 4.79 Å². The molecule has 0 bridgehead atoms. The van der Waals surface area contributed by atoms with Gasteiger partial charge in [0.2, 0.25) is 0 Å². The lowest BCUT2D eigenvalue weighted by atomic mass is 10.2. The van der Waals surface area contributed by atoms with Crippen LogP contribution in [0.4, 0.5) is 0 Å². The normalized spacial score (nSPS) is 10.1. The Balaban J connectivity index is 2.10. The van der Waals surface area contributed by atoms with Gasteiger partial charge in [-0.3, -0.25) is 4.98 Å². The zero-order valence-electron chi connectivity index (χ0n) is 9.34. The largest absolute Gasteiger partial charge is 0.488 e. The third-order valence-corrected chi connectivity index (χ3v) is 2.85. The second kappa shape index (κ2) is 5.64. The first kappa shape index (κ1) is 12.6. The molecule has 4 nitrogen and oxygen atoms in total. The van der Waals surface area contributed by atoms with Crippen molar-refractivity contribution in [3.8, 4) is 5.75 Å². The molecule has 0 fully saturated rings. The molecule has 0 atom stereocenters. The fourth-order valence-corrected chi connectivity index (χ4v) is 1.67. The molecule has 18 heavy (non-hydrogen) atoms. The summed E-state index contributed by atoms with van der Waals surface area (Å²) < 4.78 is 6.48. The van der Waals surface area contributed by atoms with Gasteiger partial charge in [0.15, 0.2) is 0 Å². The van der Waals surface area contributed by atoms with Crippen LogP contribution in [0.15, 0.2) is 47.2 Å². The Morgan fingerprint density at radius 2 is 2.00 bits per heavy atom. The van der Waals surface area contributed by atoms with Crippen LogP contribution >= 0.6 is 15.9 Å². The van der Waals surface area contributed by atoms with Gasteiger partial charge < -0.3 is 9.84 Å². The Morgan fingerprint density at radius 1 is 1.28 bits per heavy atom. The van der Waals surface area contributed by atoms with Crippen molar-refractivity contribution in [3.63, 3.8) is 0 Å². The standard InChI is InChI=1S/C13H10BrNO3/c14-10-3-1-9(2-4-10)8-18-12-5-6-15-7-11(12)13(16)17/h1-7H,8H2,(H,16,17). The quantitative estimate of drug-likeness (QED) is 0.943. The van der Waals surface area contributed by atoms with Gasteiger partial charge in [-0.05, 0) is 23.8 Å². The number of halogens is 1. The van der Waals surface area contributed by atoms with E-state index in [1.807, 2.05) is 24.3 Å². The number of rotatable bonds is 4. The van der Waals surface area contributed by atoms with E-state index in [1.54, 1.807) is 6.07 Å². The number of aromatic carboxylic acids is 1. The van der Waals surface area contributed by atoms with Crippen LogP contribution in [0, 0.1) is 0 Å². The van der Waals surface area contributed by atoms with Crippen LogP contribution < -0.4 is 4.74 Å². The van der Waals surface area contributed by atoms with Crippen molar-refractivity contribution in [2.75, 3.05) is 0 Å². The highest BCUT2D eigenvalue weighted by Crippen LogP contribution is 2.18. The summed E-state index contributed by atoms with van der Waals surface area (Å²) in [5.41, 5.74) is 1.03. The number of ether oxygens (including phenoxy) is 1. The maximum atomic E-state index is 11.0. The van der Waals surface area contributed by atoms with Crippen LogP contribution in [0.25, 0.3) is 0 Å². The number of carboxylic acids is 1. The Bertz CT molecular complexity index is 554. The molecule has 92 valence electrons. The Morgan fingerprint density at radius 3 is 2.67 bits per heavy atom. The number of benzene rings is 1. The summed E-state index contributed by atoms with van der Waals surface area (Å²) in [6.45, 7) is 0.317. The summed E-state index contributed by atoms with van der Waals surface area (Å²) in [5.74, 6) is -0.727. The lowest BCUT2D eigenvalue weighted by molar-refractivity contribution is 0.0691. The molecule has 5 heteroatoms. The molecule has 1 aromatic carbocycles. The number of aromatic nitrogens is 1. The number of pyridine rings is 1. The summed E-state index contributed by atoms with van der Waals surface area (Å²) in [7, 11) is 0. The monoisotopic (exact) mass is 307 g/mol. The topological polar surface area (TPSA) is 59.4 Å². The first-order valence-corrected chi connectivity index (χ1v) is 6.00. The molecule has 0 saturated heterocycles. The number of nitrogens with zero attached hydrogens (tertiary/aromatic N) is 1. The van der Waals surface area contributed by atoms with Crippen LogP contribution in [0.3, 0.4) is 0 Å². The second-order valence-corrected chi connectivity index (χ2v) is 4.51. The van der Waals surface area contributed by atoms with E-state index in [0.717, 1.165) is 10.0 Å². The highest BCUT2D eigenvalue weighted by Gasteiger charge is 2.10. The van der Waals surface area contributed by atoms with Crippen molar-refractivity contribution < 1.29 is 14.6 Å². The van der Waals surface area contributed by atoms with Crippen molar-refractivity contribution >= 4 is 21.9 Å². The third-order valence-electron chi connectivity index (χ3n) is 2.32. The SMILES string of the molecule is O=C(O)c1cnccc1OCc1ccc(Br)cc1. The average molecular weight is 308 g/mol. The highest BCUT2D eigenvalue weighted by atomic mass is 79.9. The molecule has 1 aromatic heterocycles. The van der Waals surface area contributed by atoms with E-state index in [-0.39, 0.29) is 5.56 Å². The third kappa shape index (κ3) is 3.07. The number of carbonyl (C=O) groups is 1. The average Bonchev–Trinajstić information content (AvgIpc) is 2.38. The van der Waals surface area contributed by atoms with Crippen molar-refractivity contribution in [1.82, 2.24) is 4.98 Å². The molecule has 0 unspecified atom stereocenters. The molecular formula is C13H10BrNO3. The molecular weight excluding hydrogens is 298 g/mol. The van der Waals surface area contributed by atoms with Gasteiger partial charge in [-0.2, -0.15) is 0 Å². The molecule has 1 N–H and O–H groups in total. The van der Waals surface area contributed by atoms with Gasteiger partial charge in [-0.15, -0.1) is 0 Å². The van der Waals surface area contributed by atoms with Crippen molar-refractivity contribution in [2.24, 2.45) is 0 Å². The molecule has 0 saturated carbocycles. The maximum absolute atomic E-state index is 11.0. The van der Waals surface area contributed by atoms with E-state index in [0.29, 0.717) is 12.4 Å². The summed E-state index contributed by atoms with van der Waals surface area (Å²) in [6, 6.07) is 9.17. The van der Waals surface area contributed by atoms with Gasteiger partial charge >= 0.3 is 5.97 Å². The van der Waals surface area contributed by atoms with Gasteiger partial charge in [-0.1, -0.05) is 28.1 Å². The molecule has 0 aliphatic heterocycles. The molecule has 2 rings (SSSR count). The first-order chi connectivity index (χ1) is 8.66. The van der Waals surface area contributed by atoms with Crippen LogP contribution in [-0.2, 0) is 6.61 Å². The molecule has 0 aliphatic rings. The summed E-state index contributed by atoms with van der Waals surface area (Å²) in [5, 5.41) is 8.97. The van der Waals surface area contributed by atoms with Crippen molar-refractivity contribution in [1.29, 1.82) is 0 Å². The summed E-state index contributed by atoms with van der Waals surface area (Å²) in [4.78, 5) is 14.7. The number of hydrogen-bond acceptors (Lipinski definition) is 3. The predicted molar refractivity (Wildman–Crippen MR) is 69.7 cm³/mol. The van der Waals surface area contributed by atoms with Crippen LogP contribution in [0.1, 0.15) is 15.9 Å². The van der Waals surface area contributed by atoms with E-state index in [9.17, 15) is 4.79 Å². The zero-order valence-corrected chi connectivity index (χ0v) is 10.9. The lowest BCUT2D eigenvalue weighted by Crippen LogP contribution is -2.03. The summed E-state index contributed by atoms with van der Waals surface area (Å²) in [6.07, 6.45) is 2.78. The van der Waals surface area contributed by atoms with E-state index < -0.39 is 5.97 Å². The zero-order chi connectivity index (χ0) is 13.0. The number of hydrogen-bond donors (Lipinski definition) is 1. The van der Waals surface area contributed by atoms with Crippen LogP contribution in [-0.4, -0.2) is 16.1 Å². The molecule has 2 aromatic rings. The minimum Gasteiger partial charge on any atom is -0.488 e. The fraction of sp³-hybridized carbons (Fsp3) is 0.0769. The highest BCUT2D eigenvalue weighted by molar-refractivity contribution is 9.10. The molecule has 1 heterocycles. The van der Waals surface area contributed by atoms with Gasteiger partial charge in [0, 0.05) is 16.9 Å². The molecule has 0 spiro atoms. The minimum atomic E-state index is -1.05. The lowest BCUT2D eigenvalue weighted by Gasteiger charge is -2.08. The van der Waals surface area contributed by atoms with Crippen molar-refractivity contribution in [3.05, 3.63) is 58.3 Å². The fourth-order valence-electron chi connectivity index (χ4n) is 1.41. The van der Waals surface area contributed by atoms with Gasteiger partial charge in [0.25, 0.3) is 0 Å². The van der Waals surface area contributed by atoms with E-state index in [2.05, 4.69) is 20.9 Å². The maximum Gasteiger partial charge on any atom is 0.341 e. The molecule has 0 aliphatic carbocycles. The number of carboxylic acid groups (broad SMARTS) is 1. The Hall–Kier alpha value is -1.88. The van der Waals surface area contributed by atoms with E-state index in [1.165, 1.54) is 12.4 Å². The van der Waals surface area contributed by atoms with E-state index >= 15 is 0 Å². The van der Waals surface area contributed by atoms with Crippen molar-refractivity contribution in [2.45, 2.75) is 6.61 Å². The Kier molecular flexibility index (Phi) is 3.94. The molecule has 0 radical (unpaired) electrons. The van der Waals surface area contributed by atoms with Crippen LogP contribution in [0.5, 0.6) is 5.75 Å². The molecule has 0 amide bonds. The Labute approximate surface area is 112 Å². The first-order valence-electron chi connectivity index (χ1n) is 5.21. The minimum absolute atomic E-state index is 0.0645. The predicted octanol–water partition coefficient (Wildman–Crippen LogP) is 3.12. The van der Waals surface area contributed by atoms with Gasteiger partial charge in [0.05, 0.1) is 0 Å². The van der Waals surface area contributed by atoms with Gasteiger partial charge in [0.1, 0.15) is 17.9 Å². The van der Waals surface area contributed by atoms with Crippen LogP contribution in [0.2, 0.25) is 0 Å². The summed E-state index contributed by atoms with van der Waals surface area (Å²) >= 11 is 3.35. The second-order valence-electron chi connectivity index (χ2n) is 3.59. The van der Waals surface area contributed by atoms with E-state index in [4.69, 9.17) is 9.84 Å².